The number of piperidine rings is 1. The first-order valence-electron chi connectivity index (χ1n) is 6.94. The fourth-order valence-electron chi connectivity index (χ4n) is 2.36. The number of nitrogens with zero attached hydrogens (tertiary/aromatic N) is 1. The van der Waals surface area contributed by atoms with Crippen molar-refractivity contribution >= 4 is 33.5 Å². The second kappa shape index (κ2) is 6.99. The van der Waals surface area contributed by atoms with Gasteiger partial charge in [0.1, 0.15) is 12.4 Å². The number of halogens is 2. The first kappa shape index (κ1) is 16.6. The number of benzene rings is 1. The van der Waals surface area contributed by atoms with Gasteiger partial charge in [0.2, 0.25) is 0 Å². The lowest BCUT2D eigenvalue weighted by Crippen LogP contribution is -2.43. The zero-order chi connectivity index (χ0) is 15.5. The summed E-state index contributed by atoms with van der Waals surface area (Å²) in [5, 5.41) is 9.87. The van der Waals surface area contributed by atoms with E-state index in [1.165, 1.54) is 0 Å². The van der Waals surface area contributed by atoms with E-state index in [4.69, 9.17) is 16.3 Å². The van der Waals surface area contributed by atoms with Gasteiger partial charge in [-0.2, -0.15) is 0 Å². The summed E-state index contributed by atoms with van der Waals surface area (Å²) in [6.45, 7) is 4.80. The molecule has 21 heavy (non-hydrogen) atoms. The Labute approximate surface area is 138 Å². The number of carboxylic acids is 1. The molecule has 4 nitrogen and oxygen atoms in total. The van der Waals surface area contributed by atoms with Crippen LogP contribution in [0, 0.1) is 5.41 Å². The molecule has 0 atom stereocenters. The van der Waals surface area contributed by atoms with E-state index in [-0.39, 0.29) is 0 Å². The fourth-order valence-corrected chi connectivity index (χ4v) is 3.16. The topological polar surface area (TPSA) is 49.8 Å². The lowest BCUT2D eigenvalue weighted by atomic mass is 9.80. The minimum absolute atomic E-state index is 0.573. The molecule has 116 valence electrons. The van der Waals surface area contributed by atoms with E-state index >= 15 is 0 Å². The van der Waals surface area contributed by atoms with Crippen molar-refractivity contribution in [2.24, 2.45) is 5.41 Å². The standard InChI is InChI=1S/C15H19BrClNO3/c1-15(14(19)20)4-6-18(7-5-15)8-9-21-13-3-2-11(17)10-12(13)16/h2-3,10H,4-9H2,1H3,(H,19,20). The summed E-state index contributed by atoms with van der Waals surface area (Å²) in [5.41, 5.74) is -0.573. The van der Waals surface area contributed by atoms with Crippen LogP contribution in [-0.2, 0) is 4.79 Å². The van der Waals surface area contributed by atoms with Crippen molar-refractivity contribution in [2.75, 3.05) is 26.2 Å². The SMILES string of the molecule is CC1(C(=O)O)CCN(CCOc2ccc(Cl)cc2Br)CC1. The molecule has 0 bridgehead atoms. The molecule has 0 aliphatic carbocycles. The van der Waals surface area contributed by atoms with E-state index in [1.807, 2.05) is 13.0 Å². The number of aliphatic carboxylic acids is 1. The van der Waals surface area contributed by atoms with E-state index in [2.05, 4.69) is 20.8 Å². The largest absolute Gasteiger partial charge is 0.491 e. The lowest BCUT2D eigenvalue weighted by molar-refractivity contribution is -0.150. The van der Waals surface area contributed by atoms with Crippen LogP contribution in [0.1, 0.15) is 19.8 Å². The summed E-state index contributed by atoms with van der Waals surface area (Å²) in [4.78, 5) is 13.4. The van der Waals surface area contributed by atoms with E-state index in [0.29, 0.717) is 24.5 Å². The summed E-state index contributed by atoms with van der Waals surface area (Å²) in [6.07, 6.45) is 1.37. The average Bonchev–Trinajstić information content (AvgIpc) is 2.43. The Hall–Kier alpha value is -0.780. The van der Waals surface area contributed by atoms with Gasteiger partial charge >= 0.3 is 5.97 Å². The van der Waals surface area contributed by atoms with Crippen LogP contribution in [-0.4, -0.2) is 42.2 Å². The normalized spacial score (nSPS) is 18.4. The van der Waals surface area contributed by atoms with Gasteiger partial charge in [0, 0.05) is 11.6 Å². The highest BCUT2D eigenvalue weighted by Crippen LogP contribution is 2.31. The molecule has 0 saturated carbocycles. The van der Waals surface area contributed by atoms with Gasteiger partial charge in [0.15, 0.2) is 0 Å². The van der Waals surface area contributed by atoms with Crippen molar-refractivity contribution in [2.45, 2.75) is 19.8 Å². The van der Waals surface area contributed by atoms with Crippen molar-refractivity contribution < 1.29 is 14.6 Å². The predicted octanol–water partition coefficient (Wildman–Crippen LogP) is 3.67. The van der Waals surface area contributed by atoms with Crippen molar-refractivity contribution in [3.05, 3.63) is 27.7 Å². The molecule has 0 unspecified atom stereocenters. The molecule has 6 heteroatoms. The van der Waals surface area contributed by atoms with Gasteiger partial charge in [-0.3, -0.25) is 9.69 Å². The number of rotatable bonds is 5. The first-order valence-corrected chi connectivity index (χ1v) is 8.11. The molecule has 1 aliphatic rings. The Morgan fingerprint density at radius 3 is 2.71 bits per heavy atom. The Balaban J connectivity index is 1.76. The smallest absolute Gasteiger partial charge is 0.309 e. The summed E-state index contributed by atoms with van der Waals surface area (Å²) >= 11 is 9.30. The molecule has 1 aliphatic heterocycles. The van der Waals surface area contributed by atoms with Crippen LogP contribution in [0.25, 0.3) is 0 Å². The van der Waals surface area contributed by atoms with Gasteiger partial charge < -0.3 is 9.84 Å². The minimum Gasteiger partial charge on any atom is -0.491 e. The van der Waals surface area contributed by atoms with Gasteiger partial charge in [-0.1, -0.05) is 11.6 Å². The maximum atomic E-state index is 11.2. The molecule has 1 aromatic carbocycles. The molecular weight excluding hydrogens is 358 g/mol. The van der Waals surface area contributed by atoms with E-state index < -0.39 is 11.4 Å². The zero-order valence-corrected chi connectivity index (χ0v) is 14.3. The minimum atomic E-state index is -0.691. The number of ether oxygens (including phenoxy) is 1. The summed E-state index contributed by atoms with van der Waals surface area (Å²) in [7, 11) is 0. The molecule has 1 fully saturated rings. The molecular formula is C15H19BrClNO3. The number of carbonyl (C=O) groups is 1. The second-order valence-electron chi connectivity index (χ2n) is 5.63. The van der Waals surface area contributed by atoms with Crippen LogP contribution in [0.5, 0.6) is 5.75 Å². The van der Waals surface area contributed by atoms with Crippen LogP contribution in [0.2, 0.25) is 5.02 Å². The fraction of sp³-hybridized carbons (Fsp3) is 0.533. The molecule has 1 heterocycles. The molecule has 0 radical (unpaired) electrons. The summed E-state index contributed by atoms with van der Waals surface area (Å²) in [6, 6.07) is 5.43. The molecule has 1 N–H and O–H groups in total. The van der Waals surface area contributed by atoms with E-state index in [0.717, 1.165) is 29.9 Å². The molecule has 2 rings (SSSR count). The Kier molecular flexibility index (Phi) is 5.52. The number of hydrogen-bond acceptors (Lipinski definition) is 3. The van der Waals surface area contributed by atoms with Crippen molar-refractivity contribution in [3.8, 4) is 5.75 Å². The maximum Gasteiger partial charge on any atom is 0.309 e. The van der Waals surface area contributed by atoms with Crippen molar-refractivity contribution in [1.29, 1.82) is 0 Å². The number of carboxylic acid groups (broad SMARTS) is 1. The molecule has 0 aromatic heterocycles. The summed E-state index contributed by atoms with van der Waals surface area (Å²) in [5.74, 6) is 0.0790. The Bertz CT molecular complexity index is 516. The molecule has 0 amide bonds. The average molecular weight is 377 g/mol. The Morgan fingerprint density at radius 1 is 1.48 bits per heavy atom. The van der Waals surface area contributed by atoms with Gasteiger partial charge in [-0.15, -0.1) is 0 Å². The molecule has 1 aromatic rings. The zero-order valence-electron chi connectivity index (χ0n) is 11.9. The number of hydrogen-bond donors (Lipinski definition) is 1. The first-order chi connectivity index (χ1) is 9.90. The van der Waals surface area contributed by atoms with Crippen LogP contribution in [0.15, 0.2) is 22.7 Å². The van der Waals surface area contributed by atoms with E-state index in [9.17, 15) is 9.90 Å². The monoisotopic (exact) mass is 375 g/mol. The van der Waals surface area contributed by atoms with Crippen LogP contribution in [0.4, 0.5) is 0 Å². The lowest BCUT2D eigenvalue weighted by Gasteiger charge is -2.36. The quantitative estimate of drug-likeness (QED) is 0.852. The van der Waals surface area contributed by atoms with Crippen LogP contribution < -0.4 is 4.74 Å². The maximum absolute atomic E-state index is 11.2. The van der Waals surface area contributed by atoms with Gasteiger partial charge in [-0.25, -0.2) is 0 Å². The third kappa shape index (κ3) is 4.34. The van der Waals surface area contributed by atoms with Crippen molar-refractivity contribution in [3.63, 3.8) is 0 Å². The molecule has 1 saturated heterocycles. The highest BCUT2D eigenvalue weighted by molar-refractivity contribution is 9.10. The third-order valence-electron chi connectivity index (χ3n) is 4.03. The van der Waals surface area contributed by atoms with Gasteiger partial charge in [0.05, 0.1) is 9.89 Å². The highest BCUT2D eigenvalue weighted by atomic mass is 79.9. The van der Waals surface area contributed by atoms with Crippen LogP contribution in [0.3, 0.4) is 0 Å². The highest BCUT2D eigenvalue weighted by Gasteiger charge is 2.36. The van der Waals surface area contributed by atoms with Gasteiger partial charge in [-0.05, 0) is 67.0 Å². The second-order valence-corrected chi connectivity index (χ2v) is 6.92. The number of likely N-dealkylation sites (tertiary alicyclic amines) is 1. The predicted molar refractivity (Wildman–Crippen MR) is 86.1 cm³/mol. The molecule has 0 spiro atoms. The van der Waals surface area contributed by atoms with Crippen LogP contribution >= 0.6 is 27.5 Å². The third-order valence-corrected chi connectivity index (χ3v) is 4.89. The van der Waals surface area contributed by atoms with Crippen molar-refractivity contribution in [1.82, 2.24) is 4.90 Å². The van der Waals surface area contributed by atoms with Gasteiger partial charge in [0.25, 0.3) is 0 Å². The summed E-state index contributed by atoms with van der Waals surface area (Å²) < 4.78 is 6.57. The Morgan fingerprint density at radius 2 is 2.14 bits per heavy atom. The van der Waals surface area contributed by atoms with E-state index in [1.54, 1.807) is 12.1 Å².